The van der Waals surface area contributed by atoms with E-state index in [1.54, 1.807) is 17.5 Å². The molecule has 35 heavy (non-hydrogen) atoms. The maximum absolute atomic E-state index is 13.1. The van der Waals surface area contributed by atoms with Crippen molar-refractivity contribution in [1.82, 2.24) is 10.6 Å². The highest BCUT2D eigenvalue weighted by molar-refractivity contribution is 7.10. The first-order valence-electron chi connectivity index (χ1n) is 11.0. The van der Waals surface area contributed by atoms with Gasteiger partial charge in [-0.2, -0.15) is 0 Å². The summed E-state index contributed by atoms with van der Waals surface area (Å²) in [5.41, 5.74) is 2.71. The fourth-order valence-electron chi connectivity index (χ4n) is 4.26. The number of hydrogen-bond acceptors (Lipinski definition) is 6. The Morgan fingerprint density at radius 2 is 1.66 bits per heavy atom. The zero-order chi connectivity index (χ0) is 25.0. The Morgan fingerprint density at radius 3 is 2.20 bits per heavy atom. The number of rotatable bonds is 9. The van der Waals surface area contributed by atoms with Gasteiger partial charge in [0.25, 0.3) is 0 Å². The van der Waals surface area contributed by atoms with Crippen molar-refractivity contribution in [3.05, 3.63) is 82.0 Å². The molecule has 182 valence electrons. The Balaban J connectivity index is 1.48. The lowest BCUT2D eigenvalue weighted by Crippen LogP contribution is -2.57. The largest absolute Gasteiger partial charge is 0.479 e. The highest BCUT2D eigenvalue weighted by Crippen LogP contribution is 2.44. The summed E-state index contributed by atoms with van der Waals surface area (Å²) < 4.78 is 10.5. The molecule has 3 aromatic rings. The van der Waals surface area contributed by atoms with Crippen LogP contribution in [0.15, 0.2) is 66.0 Å². The van der Waals surface area contributed by atoms with E-state index in [1.807, 2.05) is 48.5 Å². The van der Waals surface area contributed by atoms with Crippen molar-refractivity contribution in [2.45, 2.75) is 24.4 Å². The summed E-state index contributed by atoms with van der Waals surface area (Å²) in [4.78, 5) is 38.1. The van der Waals surface area contributed by atoms with Gasteiger partial charge in [0.2, 0.25) is 5.91 Å². The number of methoxy groups -OCH3 is 1. The van der Waals surface area contributed by atoms with Crippen molar-refractivity contribution in [3.8, 4) is 11.1 Å². The molecule has 2 aromatic carbocycles. The molecule has 1 aliphatic rings. The molecule has 1 aliphatic carbocycles. The standard InChI is InChI=1S/C26H26N2O6S/c1-26(15-33-2,24(30)31)28-23(29)22(21-12-7-13-35-21)27-25(32)34-14-20-18-10-5-3-8-16(18)17-9-4-6-11-19(17)20/h3-13,20,22H,14-15H2,1-2H3,(H,27,32)(H,28,29)(H,30,31). The molecule has 2 atom stereocenters. The Morgan fingerprint density at radius 1 is 1.03 bits per heavy atom. The van der Waals surface area contributed by atoms with Gasteiger partial charge in [0.1, 0.15) is 12.6 Å². The molecule has 0 bridgehead atoms. The second kappa shape index (κ2) is 10.3. The molecule has 0 fully saturated rings. The smallest absolute Gasteiger partial charge is 0.408 e. The molecule has 2 unspecified atom stereocenters. The summed E-state index contributed by atoms with van der Waals surface area (Å²) in [5, 5.41) is 16.4. The van der Waals surface area contributed by atoms with Crippen molar-refractivity contribution in [3.63, 3.8) is 0 Å². The lowest BCUT2D eigenvalue weighted by atomic mass is 9.98. The van der Waals surface area contributed by atoms with Crippen LogP contribution < -0.4 is 10.6 Å². The number of hydrogen-bond donors (Lipinski definition) is 3. The van der Waals surface area contributed by atoms with Crippen molar-refractivity contribution < 1.29 is 29.0 Å². The highest BCUT2D eigenvalue weighted by atomic mass is 32.1. The van der Waals surface area contributed by atoms with Gasteiger partial charge in [0.15, 0.2) is 5.54 Å². The van der Waals surface area contributed by atoms with E-state index in [4.69, 9.17) is 9.47 Å². The number of carbonyl (C=O) groups excluding carboxylic acids is 2. The van der Waals surface area contributed by atoms with Crippen LogP contribution in [-0.2, 0) is 19.1 Å². The van der Waals surface area contributed by atoms with E-state index >= 15 is 0 Å². The van der Waals surface area contributed by atoms with E-state index in [-0.39, 0.29) is 19.1 Å². The number of fused-ring (bicyclic) bond motifs is 3. The average Bonchev–Trinajstić information content (AvgIpc) is 3.48. The van der Waals surface area contributed by atoms with Crippen molar-refractivity contribution in [1.29, 1.82) is 0 Å². The van der Waals surface area contributed by atoms with Crippen LogP contribution in [0.25, 0.3) is 11.1 Å². The first-order chi connectivity index (χ1) is 16.8. The first kappa shape index (κ1) is 24.4. The van der Waals surface area contributed by atoms with Crippen LogP contribution in [0.3, 0.4) is 0 Å². The van der Waals surface area contributed by atoms with Crippen LogP contribution >= 0.6 is 11.3 Å². The molecule has 0 radical (unpaired) electrons. The van der Waals surface area contributed by atoms with Crippen molar-refractivity contribution >= 4 is 29.3 Å². The number of carboxylic acid groups (broad SMARTS) is 1. The summed E-state index contributed by atoms with van der Waals surface area (Å²) in [6.07, 6.45) is -0.774. The highest BCUT2D eigenvalue weighted by Gasteiger charge is 2.38. The Hall–Kier alpha value is -3.69. The second-order valence-electron chi connectivity index (χ2n) is 8.48. The molecule has 1 heterocycles. The molecule has 0 aliphatic heterocycles. The maximum Gasteiger partial charge on any atom is 0.408 e. The van der Waals surface area contributed by atoms with Gasteiger partial charge in [-0.3, -0.25) is 4.79 Å². The van der Waals surface area contributed by atoms with Gasteiger partial charge in [-0.1, -0.05) is 54.6 Å². The zero-order valence-corrected chi connectivity index (χ0v) is 20.1. The number of nitrogens with one attached hydrogen (secondary N) is 2. The summed E-state index contributed by atoms with van der Waals surface area (Å²) >= 11 is 1.26. The number of carbonyl (C=O) groups is 3. The molecule has 4 rings (SSSR count). The topological polar surface area (TPSA) is 114 Å². The number of thiophene rings is 1. The van der Waals surface area contributed by atoms with Crippen LogP contribution in [0, 0.1) is 0 Å². The molecular weight excluding hydrogens is 468 g/mol. The number of benzene rings is 2. The number of amides is 2. The minimum atomic E-state index is -1.66. The third kappa shape index (κ3) is 5.06. The maximum atomic E-state index is 13.1. The SMILES string of the molecule is COCC(C)(NC(=O)C(NC(=O)OCC1c2ccccc2-c2ccccc21)c1cccs1)C(=O)O. The van der Waals surface area contributed by atoms with E-state index < -0.39 is 29.6 Å². The third-order valence-electron chi connectivity index (χ3n) is 6.00. The monoisotopic (exact) mass is 494 g/mol. The molecule has 0 saturated heterocycles. The van der Waals surface area contributed by atoms with Gasteiger partial charge in [0.05, 0.1) is 6.61 Å². The molecule has 0 saturated carbocycles. The third-order valence-corrected chi connectivity index (χ3v) is 6.94. The number of ether oxygens (including phenoxy) is 2. The molecule has 3 N–H and O–H groups in total. The molecule has 9 heteroatoms. The first-order valence-corrected chi connectivity index (χ1v) is 11.9. The van der Waals surface area contributed by atoms with Gasteiger partial charge in [-0.05, 0) is 40.6 Å². The molecular formula is C26H26N2O6S. The van der Waals surface area contributed by atoms with Crippen molar-refractivity contribution in [2.24, 2.45) is 0 Å². The van der Waals surface area contributed by atoms with E-state index in [0.717, 1.165) is 22.3 Å². The van der Waals surface area contributed by atoms with Gasteiger partial charge >= 0.3 is 12.1 Å². The zero-order valence-electron chi connectivity index (χ0n) is 19.3. The Bertz CT molecular complexity index is 1180. The predicted octanol–water partition coefficient (Wildman–Crippen LogP) is 3.93. The van der Waals surface area contributed by atoms with Crippen molar-refractivity contribution in [2.75, 3.05) is 20.3 Å². The molecule has 2 amide bonds. The summed E-state index contributed by atoms with van der Waals surface area (Å²) in [5.74, 6) is -2.05. The van der Waals surface area contributed by atoms with E-state index in [9.17, 15) is 19.5 Å². The molecule has 0 spiro atoms. The Kier molecular flexibility index (Phi) is 7.18. The normalized spacial score (nSPS) is 14.8. The number of carboxylic acids is 1. The summed E-state index contributed by atoms with van der Waals surface area (Å²) in [7, 11) is 1.35. The quantitative estimate of drug-likeness (QED) is 0.415. The molecule has 1 aromatic heterocycles. The van der Waals surface area contributed by atoms with E-state index in [1.165, 1.54) is 25.4 Å². The van der Waals surface area contributed by atoms with Gasteiger partial charge in [0, 0.05) is 17.9 Å². The molecule has 8 nitrogen and oxygen atoms in total. The van der Waals surface area contributed by atoms with Crippen LogP contribution in [0.2, 0.25) is 0 Å². The van der Waals surface area contributed by atoms with Crippen LogP contribution in [-0.4, -0.2) is 48.9 Å². The van der Waals surface area contributed by atoms with Crippen LogP contribution in [0.5, 0.6) is 0 Å². The van der Waals surface area contributed by atoms with Crippen LogP contribution in [0.4, 0.5) is 4.79 Å². The number of alkyl carbamates (subject to hydrolysis) is 1. The Labute approximate surface area is 206 Å². The minimum Gasteiger partial charge on any atom is -0.479 e. The van der Waals surface area contributed by atoms with Gasteiger partial charge < -0.3 is 25.2 Å². The van der Waals surface area contributed by atoms with E-state index in [0.29, 0.717) is 4.88 Å². The van der Waals surface area contributed by atoms with Crippen LogP contribution in [0.1, 0.15) is 34.9 Å². The minimum absolute atomic E-state index is 0.0924. The lowest BCUT2D eigenvalue weighted by Gasteiger charge is -2.28. The average molecular weight is 495 g/mol. The number of aliphatic carboxylic acids is 1. The fourth-order valence-corrected chi connectivity index (χ4v) is 5.04. The van der Waals surface area contributed by atoms with Gasteiger partial charge in [-0.15, -0.1) is 11.3 Å². The summed E-state index contributed by atoms with van der Waals surface area (Å²) in [6, 6.07) is 18.3. The second-order valence-corrected chi connectivity index (χ2v) is 9.46. The van der Waals surface area contributed by atoms with E-state index in [2.05, 4.69) is 10.6 Å². The summed E-state index contributed by atoms with van der Waals surface area (Å²) in [6.45, 7) is 1.20. The predicted molar refractivity (Wildman–Crippen MR) is 131 cm³/mol. The van der Waals surface area contributed by atoms with Gasteiger partial charge in [-0.25, -0.2) is 9.59 Å². The lowest BCUT2D eigenvalue weighted by molar-refractivity contribution is -0.149. The fraction of sp³-hybridized carbons (Fsp3) is 0.269.